The van der Waals surface area contributed by atoms with Crippen LogP contribution in [0.5, 0.6) is 5.75 Å². The van der Waals surface area contributed by atoms with Crippen molar-refractivity contribution >= 4 is 34.7 Å². The molecule has 0 spiro atoms. The Bertz CT molecular complexity index is 709. The summed E-state index contributed by atoms with van der Waals surface area (Å²) in [5, 5.41) is 1.73. The number of H-pyrrole nitrogens is 1. The summed E-state index contributed by atoms with van der Waals surface area (Å²) in [6.45, 7) is 0.706. The minimum atomic E-state index is 0.0215. The number of thioether (sulfide) groups is 1. The van der Waals surface area contributed by atoms with Crippen LogP contribution in [0, 0.1) is 5.92 Å². The lowest BCUT2D eigenvalue weighted by atomic mass is 9.84. The molecule has 3 heterocycles. The smallest absolute Gasteiger partial charge is 0.305 e. The van der Waals surface area contributed by atoms with Crippen LogP contribution in [0.1, 0.15) is 16.4 Å². The molecular formula is C13H10ClNO2S2. The molecule has 0 radical (unpaired) electrons. The first-order chi connectivity index (χ1) is 9.22. The van der Waals surface area contributed by atoms with Crippen molar-refractivity contribution in [3.8, 4) is 5.75 Å². The number of nitrogens with one attached hydrogen (secondary N) is 1. The molecule has 2 aromatic rings. The zero-order valence-corrected chi connectivity index (χ0v) is 12.2. The second kappa shape index (κ2) is 4.30. The molecular weight excluding hydrogens is 302 g/mol. The number of hydrogen-bond acceptors (Lipinski definition) is 4. The first-order valence-corrected chi connectivity index (χ1v) is 8.18. The number of ether oxygens (including phenoxy) is 1. The van der Waals surface area contributed by atoms with Gasteiger partial charge in [-0.2, -0.15) is 0 Å². The van der Waals surface area contributed by atoms with E-state index in [1.54, 1.807) is 11.8 Å². The van der Waals surface area contributed by atoms with Crippen LogP contribution in [-0.2, 0) is 0 Å². The van der Waals surface area contributed by atoms with E-state index in [0.29, 0.717) is 17.5 Å². The molecule has 2 atom stereocenters. The fraction of sp³-hybridized carbons (Fsp3) is 0.308. The van der Waals surface area contributed by atoms with Crippen molar-refractivity contribution in [1.29, 1.82) is 0 Å². The molecule has 4 rings (SSSR count). The first-order valence-electron chi connectivity index (χ1n) is 6.00. The van der Waals surface area contributed by atoms with Gasteiger partial charge in [0.2, 0.25) is 0 Å². The predicted molar refractivity (Wildman–Crippen MR) is 77.9 cm³/mol. The Hall–Kier alpha value is -0.910. The molecule has 98 valence electrons. The van der Waals surface area contributed by atoms with Crippen LogP contribution in [0.2, 0.25) is 5.02 Å². The van der Waals surface area contributed by atoms with E-state index in [0.717, 1.165) is 27.0 Å². The van der Waals surface area contributed by atoms with E-state index >= 15 is 0 Å². The maximum atomic E-state index is 11.6. The van der Waals surface area contributed by atoms with E-state index in [-0.39, 0.29) is 10.8 Å². The molecule has 1 aromatic heterocycles. The summed E-state index contributed by atoms with van der Waals surface area (Å²) in [7, 11) is 0. The van der Waals surface area contributed by atoms with Gasteiger partial charge in [-0.1, -0.05) is 22.9 Å². The average molecular weight is 312 g/mol. The zero-order valence-electron chi connectivity index (χ0n) is 9.81. The van der Waals surface area contributed by atoms with Crippen molar-refractivity contribution in [2.45, 2.75) is 10.9 Å². The lowest BCUT2D eigenvalue weighted by Gasteiger charge is -2.36. The van der Waals surface area contributed by atoms with Gasteiger partial charge in [0.25, 0.3) is 0 Å². The molecule has 3 nitrogen and oxygen atoms in total. The van der Waals surface area contributed by atoms with Crippen LogP contribution < -0.4 is 9.61 Å². The Morgan fingerprint density at radius 1 is 1.42 bits per heavy atom. The van der Waals surface area contributed by atoms with E-state index in [9.17, 15) is 4.79 Å². The number of rotatable bonds is 0. The third-order valence-corrected chi connectivity index (χ3v) is 6.13. The predicted octanol–water partition coefficient (Wildman–Crippen LogP) is 3.34. The van der Waals surface area contributed by atoms with E-state index in [1.807, 2.05) is 18.2 Å². The van der Waals surface area contributed by atoms with Gasteiger partial charge in [-0.25, -0.2) is 0 Å². The summed E-state index contributed by atoms with van der Waals surface area (Å²) in [6.07, 6.45) is 0. The second-order valence-electron chi connectivity index (χ2n) is 4.75. The van der Waals surface area contributed by atoms with Crippen LogP contribution in [0.3, 0.4) is 0 Å². The molecule has 19 heavy (non-hydrogen) atoms. The Labute approximate surface area is 122 Å². The largest absolute Gasteiger partial charge is 0.493 e. The fourth-order valence-electron chi connectivity index (χ4n) is 2.77. The fourth-order valence-corrected chi connectivity index (χ4v) is 5.36. The molecule has 0 aliphatic carbocycles. The van der Waals surface area contributed by atoms with Crippen molar-refractivity contribution in [3.05, 3.63) is 43.3 Å². The molecule has 0 saturated heterocycles. The van der Waals surface area contributed by atoms with E-state index in [2.05, 4.69) is 4.98 Å². The van der Waals surface area contributed by atoms with Crippen LogP contribution in [0.4, 0.5) is 0 Å². The van der Waals surface area contributed by atoms with Gasteiger partial charge in [0, 0.05) is 33.1 Å². The summed E-state index contributed by atoms with van der Waals surface area (Å²) >= 11 is 9.14. The van der Waals surface area contributed by atoms with Gasteiger partial charge in [0.15, 0.2) is 0 Å². The first kappa shape index (κ1) is 11.9. The molecule has 0 saturated carbocycles. The third kappa shape index (κ3) is 1.83. The van der Waals surface area contributed by atoms with E-state index in [1.165, 1.54) is 11.3 Å². The lowest BCUT2D eigenvalue weighted by Crippen LogP contribution is -2.30. The van der Waals surface area contributed by atoms with Gasteiger partial charge in [0.05, 0.1) is 11.6 Å². The molecule has 0 fully saturated rings. The van der Waals surface area contributed by atoms with Crippen molar-refractivity contribution in [3.63, 3.8) is 0 Å². The number of thiazole rings is 1. The highest BCUT2D eigenvalue weighted by atomic mass is 35.5. The van der Waals surface area contributed by atoms with Crippen LogP contribution >= 0.6 is 34.7 Å². The third-order valence-electron chi connectivity index (χ3n) is 3.60. The number of fused-ring (bicyclic) bond motifs is 5. The summed E-state index contributed by atoms with van der Waals surface area (Å²) in [5.74, 6) is 2.51. The Morgan fingerprint density at radius 3 is 3.21 bits per heavy atom. The SMILES string of the molecule is O=c1[nH]c2c(s1)[C@H]1c3cc(Cl)ccc3OC[C@H]1CS2. The molecule has 2 aliphatic rings. The van der Waals surface area contributed by atoms with Crippen LogP contribution in [0.25, 0.3) is 0 Å². The van der Waals surface area contributed by atoms with Gasteiger partial charge in [-0.3, -0.25) is 4.79 Å². The lowest BCUT2D eigenvalue weighted by molar-refractivity contribution is 0.219. The molecule has 1 aromatic carbocycles. The monoisotopic (exact) mass is 311 g/mol. The summed E-state index contributed by atoms with van der Waals surface area (Å²) in [4.78, 5) is 15.7. The summed E-state index contributed by atoms with van der Waals surface area (Å²) in [5.41, 5.74) is 1.11. The van der Waals surface area contributed by atoms with Gasteiger partial charge in [0.1, 0.15) is 5.75 Å². The standard InChI is InChI=1S/C13H10ClNO2S2/c14-7-1-2-9-8(3-7)10-6(4-17-9)5-18-12-11(10)19-13(16)15-12/h1-3,6,10H,4-5H2,(H,15,16)/t6-,10+/m0/s1. The molecule has 0 unspecified atom stereocenters. The van der Waals surface area contributed by atoms with Crippen molar-refractivity contribution in [1.82, 2.24) is 4.98 Å². The average Bonchev–Trinajstić information content (AvgIpc) is 2.78. The number of aromatic nitrogens is 1. The van der Waals surface area contributed by atoms with E-state index < -0.39 is 0 Å². The van der Waals surface area contributed by atoms with Gasteiger partial charge in [-0.15, -0.1) is 11.8 Å². The van der Waals surface area contributed by atoms with Gasteiger partial charge >= 0.3 is 4.87 Å². The van der Waals surface area contributed by atoms with Crippen LogP contribution in [0.15, 0.2) is 28.0 Å². The molecule has 2 aliphatic heterocycles. The van der Waals surface area contributed by atoms with Crippen molar-refractivity contribution in [2.24, 2.45) is 5.92 Å². The molecule has 0 bridgehead atoms. The minimum Gasteiger partial charge on any atom is -0.493 e. The maximum absolute atomic E-state index is 11.6. The van der Waals surface area contributed by atoms with Crippen molar-refractivity contribution in [2.75, 3.05) is 12.4 Å². The minimum absolute atomic E-state index is 0.0215. The topological polar surface area (TPSA) is 42.1 Å². The van der Waals surface area contributed by atoms with Gasteiger partial charge in [-0.05, 0) is 18.2 Å². The number of halogens is 1. The zero-order chi connectivity index (χ0) is 13.0. The quantitative estimate of drug-likeness (QED) is 0.811. The highest BCUT2D eigenvalue weighted by Crippen LogP contribution is 2.50. The Kier molecular flexibility index (Phi) is 2.69. The normalized spacial score (nSPS) is 24.1. The Balaban J connectivity index is 1.94. The van der Waals surface area contributed by atoms with Crippen LogP contribution in [-0.4, -0.2) is 17.3 Å². The maximum Gasteiger partial charge on any atom is 0.305 e. The van der Waals surface area contributed by atoms with Gasteiger partial charge < -0.3 is 9.72 Å². The Morgan fingerprint density at radius 2 is 2.32 bits per heavy atom. The highest BCUT2D eigenvalue weighted by molar-refractivity contribution is 7.99. The molecule has 6 heteroatoms. The number of benzene rings is 1. The molecule has 1 N–H and O–H groups in total. The number of hydrogen-bond donors (Lipinski definition) is 1. The number of aromatic amines is 1. The second-order valence-corrected chi connectivity index (χ2v) is 7.23. The summed E-state index contributed by atoms with van der Waals surface area (Å²) in [6, 6.07) is 5.74. The summed E-state index contributed by atoms with van der Waals surface area (Å²) < 4.78 is 5.81. The van der Waals surface area contributed by atoms with E-state index in [4.69, 9.17) is 16.3 Å². The molecule has 0 amide bonds. The van der Waals surface area contributed by atoms with Crippen molar-refractivity contribution < 1.29 is 4.74 Å². The highest BCUT2D eigenvalue weighted by Gasteiger charge is 2.38.